The lowest BCUT2D eigenvalue weighted by Gasteiger charge is -1.91. The van der Waals surface area contributed by atoms with Crippen molar-refractivity contribution in [2.24, 2.45) is 5.73 Å². The molecular formula is C12H13N3. The van der Waals surface area contributed by atoms with E-state index < -0.39 is 0 Å². The second-order valence-electron chi connectivity index (χ2n) is 3.42. The van der Waals surface area contributed by atoms with Gasteiger partial charge >= 0.3 is 0 Å². The minimum absolute atomic E-state index is 0.608. The Balaban J connectivity index is 2.36. The molecule has 1 aromatic heterocycles. The van der Waals surface area contributed by atoms with E-state index in [2.05, 4.69) is 22.0 Å². The van der Waals surface area contributed by atoms with Crippen LogP contribution in [0.25, 0.3) is 10.9 Å². The van der Waals surface area contributed by atoms with Gasteiger partial charge in [0.05, 0.1) is 5.52 Å². The fourth-order valence-electron chi connectivity index (χ4n) is 1.46. The zero-order valence-electron chi connectivity index (χ0n) is 8.67. The molecule has 0 fully saturated rings. The summed E-state index contributed by atoms with van der Waals surface area (Å²) >= 11 is 0. The Hall–Kier alpha value is -1.79. The van der Waals surface area contributed by atoms with Gasteiger partial charge in [0, 0.05) is 29.6 Å². The SMILES string of the molecule is Cc1[nH]nc2cc(C#CCCN)ccc12. The topological polar surface area (TPSA) is 54.7 Å². The smallest absolute Gasteiger partial charge is 0.0936 e. The summed E-state index contributed by atoms with van der Waals surface area (Å²) in [4.78, 5) is 0. The summed E-state index contributed by atoms with van der Waals surface area (Å²) in [7, 11) is 0. The van der Waals surface area contributed by atoms with Crippen LogP contribution in [0.15, 0.2) is 18.2 Å². The van der Waals surface area contributed by atoms with E-state index in [1.807, 2.05) is 25.1 Å². The quantitative estimate of drug-likeness (QED) is 0.685. The Morgan fingerprint density at radius 2 is 2.33 bits per heavy atom. The molecule has 3 N–H and O–H groups in total. The zero-order chi connectivity index (χ0) is 10.7. The number of hydrogen-bond acceptors (Lipinski definition) is 2. The van der Waals surface area contributed by atoms with Crippen molar-refractivity contribution >= 4 is 10.9 Å². The number of aromatic amines is 1. The van der Waals surface area contributed by atoms with E-state index in [1.165, 1.54) is 0 Å². The standard InChI is InChI=1S/C12H13N3/c1-9-11-6-5-10(4-2-3-7-13)8-12(11)15-14-9/h5-6,8H,3,7,13H2,1H3,(H,14,15). The molecule has 0 aliphatic carbocycles. The summed E-state index contributed by atoms with van der Waals surface area (Å²) in [6.45, 7) is 2.62. The van der Waals surface area contributed by atoms with Gasteiger partial charge in [0.25, 0.3) is 0 Å². The van der Waals surface area contributed by atoms with Crippen LogP contribution in [0.2, 0.25) is 0 Å². The van der Waals surface area contributed by atoms with E-state index >= 15 is 0 Å². The molecule has 3 heteroatoms. The number of fused-ring (bicyclic) bond motifs is 1. The molecule has 3 nitrogen and oxygen atoms in total. The number of nitrogens with one attached hydrogen (secondary N) is 1. The molecule has 76 valence electrons. The van der Waals surface area contributed by atoms with E-state index in [9.17, 15) is 0 Å². The third kappa shape index (κ3) is 2.00. The van der Waals surface area contributed by atoms with Gasteiger partial charge in [0.15, 0.2) is 0 Å². The number of hydrogen-bond donors (Lipinski definition) is 2. The molecule has 1 aromatic carbocycles. The number of rotatable bonds is 1. The summed E-state index contributed by atoms with van der Waals surface area (Å²) in [5.74, 6) is 6.07. The molecule has 0 spiro atoms. The van der Waals surface area contributed by atoms with Crippen LogP contribution in [-0.2, 0) is 0 Å². The maximum absolute atomic E-state index is 5.37. The summed E-state index contributed by atoms with van der Waals surface area (Å²) in [6, 6.07) is 6.04. The van der Waals surface area contributed by atoms with Crippen LogP contribution in [0.1, 0.15) is 17.7 Å². The molecule has 0 unspecified atom stereocenters. The van der Waals surface area contributed by atoms with Crippen LogP contribution in [0, 0.1) is 18.8 Å². The van der Waals surface area contributed by atoms with Crippen molar-refractivity contribution in [3.8, 4) is 11.8 Å². The molecule has 15 heavy (non-hydrogen) atoms. The molecule has 0 saturated carbocycles. The van der Waals surface area contributed by atoms with Gasteiger partial charge in [0.2, 0.25) is 0 Å². The normalized spacial score (nSPS) is 10.0. The van der Waals surface area contributed by atoms with Gasteiger partial charge in [-0.3, -0.25) is 5.10 Å². The Morgan fingerprint density at radius 1 is 1.47 bits per heavy atom. The van der Waals surface area contributed by atoms with E-state index in [0.29, 0.717) is 6.54 Å². The first-order chi connectivity index (χ1) is 7.31. The Kier molecular flexibility index (Phi) is 2.70. The van der Waals surface area contributed by atoms with Crippen molar-refractivity contribution in [3.05, 3.63) is 29.5 Å². The fourth-order valence-corrected chi connectivity index (χ4v) is 1.46. The maximum Gasteiger partial charge on any atom is 0.0936 e. The maximum atomic E-state index is 5.37. The monoisotopic (exact) mass is 199 g/mol. The van der Waals surface area contributed by atoms with Gasteiger partial charge in [-0.25, -0.2) is 0 Å². The Labute approximate surface area is 88.7 Å². The molecule has 1 heterocycles. The van der Waals surface area contributed by atoms with E-state index in [1.54, 1.807) is 0 Å². The second kappa shape index (κ2) is 4.16. The van der Waals surface area contributed by atoms with Crippen molar-refractivity contribution in [2.45, 2.75) is 13.3 Å². The van der Waals surface area contributed by atoms with Crippen LogP contribution in [0.3, 0.4) is 0 Å². The number of nitrogens with zero attached hydrogens (tertiary/aromatic N) is 1. The average Bonchev–Trinajstić information content (AvgIpc) is 2.61. The highest BCUT2D eigenvalue weighted by molar-refractivity contribution is 5.82. The minimum atomic E-state index is 0.608. The molecule has 0 amide bonds. The molecule has 0 bridgehead atoms. The number of aryl methyl sites for hydroxylation is 1. The van der Waals surface area contributed by atoms with Crippen molar-refractivity contribution < 1.29 is 0 Å². The van der Waals surface area contributed by atoms with Crippen LogP contribution in [0.4, 0.5) is 0 Å². The summed E-state index contributed by atoms with van der Waals surface area (Å²) in [5, 5.41) is 8.29. The Bertz CT molecular complexity index is 529. The fraction of sp³-hybridized carbons (Fsp3) is 0.250. The molecule has 2 rings (SSSR count). The lowest BCUT2D eigenvalue weighted by molar-refractivity contribution is 1.03. The third-order valence-corrected chi connectivity index (χ3v) is 2.25. The number of H-pyrrole nitrogens is 1. The zero-order valence-corrected chi connectivity index (χ0v) is 8.67. The molecule has 0 aliphatic rings. The minimum Gasteiger partial charge on any atom is -0.330 e. The first-order valence-electron chi connectivity index (χ1n) is 4.95. The molecular weight excluding hydrogens is 186 g/mol. The highest BCUT2D eigenvalue weighted by Gasteiger charge is 2.00. The predicted octanol–water partition coefficient (Wildman–Crippen LogP) is 1.57. The number of nitrogens with two attached hydrogens (primary N) is 1. The number of benzene rings is 1. The largest absolute Gasteiger partial charge is 0.330 e. The van der Waals surface area contributed by atoms with Crippen LogP contribution in [0.5, 0.6) is 0 Å². The van der Waals surface area contributed by atoms with E-state index in [-0.39, 0.29) is 0 Å². The molecule has 0 saturated heterocycles. The van der Waals surface area contributed by atoms with Crippen LogP contribution in [-0.4, -0.2) is 16.7 Å². The van der Waals surface area contributed by atoms with Crippen LogP contribution >= 0.6 is 0 Å². The molecule has 0 radical (unpaired) electrons. The second-order valence-corrected chi connectivity index (χ2v) is 3.42. The van der Waals surface area contributed by atoms with Gasteiger partial charge in [-0.15, -0.1) is 0 Å². The highest BCUT2D eigenvalue weighted by Crippen LogP contribution is 2.15. The lowest BCUT2D eigenvalue weighted by Crippen LogP contribution is -1.95. The number of aromatic nitrogens is 2. The van der Waals surface area contributed by atoms with Crippen molar-refractivity contribution in [3.63, 3.8) is 0 Å². The summed E-state index contributed by atoms with van der Waals surface area (Å²) in [5.41, 5.74) is 8.41. The Morgan fingerprint density at radius 3 is 3.13 bits per heavy atom. The third-order valence-electron chi connectivity index (χ3n) is 2.25. The summed E-state index contributed by atoms with van der Waals surface area (Å²) in [6.07, 6.45) is 0.734. The van der Waals surface area contributed by atoms with Crippen molar-refractivity contribution in [2.75, 3.05) is 6.54 Å². The van der Waals surface area contributed by atoms with Gasteiger partial charge in [-0.05, 0) is 25.1 Å². The van der Waals surface area contributed by atoms with Crippen molar-refractivity contribution in [1.29, 1.82) is 0 Å². The lowest BCUT2D eigenvalue weighted by atomic mass is 10.1. The highest BCUT2D eigenvalue weighted by atomic mass is 15.1. The van der Waals surface area contributed by atoms with Crippen molar-refractivity contribution in [1.82, 2.24) is 10.2 Å². The van der Waals surface area contributed by atoms with E-state index in [0.717, 1.165) is 28.6 Å². The van der Waals surface area contributed by atoms with Gasteiger partial charge in [-0.1, -0.05) is 11.8 Å². The van der Waals surface area contributed by atoms with Gasteiger partial charge in [-0.2, -0.15) is 5.10 Å². The first kappa shape index (κ1) is 9.75. The molecule has 2 aromatic rings. The van der Waals surface area contributed by atoms with Gasteiger partial charge in [0.1, 0.15) is 0 Å². The molecule has 0 atom stereocenters. The average molecular weight is 199 g/mol. The molecule has 0 aliphatic heterocycles. The predicted molar refractivity (Wildman–Crippen MR) is 61.4 cm³/mol. The van der Waals surface area contributed by atoms with E-state index in [4.69, 9.17) is 5.73 Å². The van der Waals surface area contributed by atoms with Gasteiger partial charge < -0.3 is 5.73 Å². The first-order valence-corrected chi connectivity index (χ1v) is 4.95. The summed E-state index contributed by atoms with van der Waals surface area (Å²) < 4.78 is 0. The van der Waals surface area contributed by atoms with Crippen LogP contribution < -0.4 is 5.73 Å².